The zero-order chi connectivity index (χ0) is 18.8. The molecule has 0 aliphatic heterocycles. The van der Waals surface area contributed by atoms with Gasteiger partial charge in [-0.3, -0.25) is 19.2 Å². The first-order valence-electron chi connectivity index (χ1n) is 7.20. The highest BCUT2D eigenvalue weighted by atomic mass is 32.2. The Morgan fingerprint density at radius 1 is 1.20 bits per heavy atom. The molecule has 0 fully saturated rings. The molecular weight excluding hydrogens is 346 g/mol. The third kappa shape index (κ3) is 4.32. The summed E-state index contributed by atoms with van der Waals surface area (Å²) in [5, 5.41) is 13.4. The first kappa shape index (κ1) is 18.4. The molecule has 2 rings (SSSR count). The summed E-state index contributed by atoms with van der Waals surface area (Å²) in [4.78, 5) is 22.6. The van der Waals surface area contributed by atoms with Crippen molar-refractivity contribution in [2.75, 3.05) is 22.9 Å². The second-order valence-electron chi connectivity index (χ2n) is 5.49. The fourth-order valence-corrected chi connectivity index (χ4v) is 2.72. The van der Waals surface area contributed by atoms with E-state index in [9.17, 15) is 23.3 Å². The molecule has 0 radical (unpaired) electrons. The molecule has 2 aromatic carbocycles. The number of nitrogens with zero attached hydrogens (tertiary/aromatic N) is 2. The van der Waals surface area contributed by atoms with Crippen molar-refractivity contribution in [2.24, 2.45) is 0 Å². The van der Waals surface area contributed by atoms with Crippen LogP contribution >= 0.6 is 0 Å². The van der Waals surface area contributed by atoms with Crippen LogP contribution in [0.5, 0.6) is 0 Å². The fourth-order valence-electron chi connectivity index (χ4n) is 2.17. The lowest BCUT2D eigenvalue weighted by Gasteiger charge is -2.19. The number of benzene rings is 2. The highest BCUT2D eigenvalue weighted by molar-refractivity contribution is 7.92. The van der Waals surface area contributed by atoms with Crippen LogP contribution in [0.3, 0.4) is 0 Å². The van der Waals surface area contributed by atoms with E-state index in [4.69, 9.17) is 0 Å². The van der Waals surface area contributed by atoms with Crippen LogP contribution < -0.4 is 9.62 Å². The smallest absolute Gasteiger partial charge is 0.271 e. The Morgan fingerprint density at radius 3 is 2.48 bits per heavy atom. The molecule has 0 bridgehead atoms. The van der Waals surface area contributed by atoms with Gasteiger partial charge < -0.3 is 5.32 Å². The normalized spacial score (nSPS) is 11.0. The Morgan fingerprint density at radius 2 is 1.88 bits per heavy atom. The van der Waals surface area contributed by atoms with Crippen molar-refractivity contribution >= 4 is 33.0 Å². The third-order valence-corrected chi connectivity index (χ3v) is 4.81. The molecule has 0 saturated carbocycles. The van der Waals surface area contributed by atoms with Gasteiger partial charge in [-0.05, 0) is 30.7 Å². The summed E-state index contributed by atoms with van der Waals surface area (Å²) in [6, 6.07) is 10.2. The number of nitro groups is 1. The maximum Gasteiger partial charge on any atom is 0.271 e. The number of nitro benzene ring substituents is 1. The van der Waals surface area contributed by atoms with E-state index < -0.39 is 20.9 Å². The highest BCUT2D eigenvalue weighted by Gasteiger charge is 2.17. The quantitative estimate of drug-likeness (QED) is 0.648. The van der Waals surface area contributed by atoms with E-state index in [1.807, 2.05) is 0 Å². The molecule has 8 nitrogen and oxygen atoms in total. The number of nitrogens with one attached hydrogen (secondary N) is 1. The standard InChI is InChI=1S/C16H17N3O5S/c1-11-7-8-12(9-15(11)18(2)25(3,23)24)16(20)17-13-5-4-6-14(10-13)19(21)22/h4-10H,1-3H3,(H,17,20). The van der Waals surface area contributed by atoms with E-state index in [0.717, 1.165) is 10.6 Å². The molecule has 1 amide bonds. The van der Waals surface area contributed by atoms with Crippen molar-refractivity contribution < 1.29 is 18.1 Å². The van der Waals surface area contributed by atoms with E-state index in [1.165, 1.54) is 37.4 Å². The van der Waals surface area contributed by atoms with Gasteiger partial charge in [-0.15, -0.1) is 0 Å². The Labute approximate surface area is 145 Å². The monoisotopic (exact) mass is 363 g/mol. The van der Waals surface area contributed by atoms with Crippen LogP contribution in [-0.2, 0) is 10.0 Å². The predicted molar refractivity (Wildman–Crippen MR) is 95.5 cm³/mol. The topological polar surface area (TPSA) is 110 Å². The van der Waals surface area contributed by atoms with Crippen LogP contribution in [0, 0.1) is 17.0 Å². The molecule has 0 atom stereocenters. The minimum atomic E-state index is -3.47. The first-order chi connectivity index (χ1) is 11.6. The number of aryl methyl sites for hydroxylation is 1. The molecule has 0 heterocycles. The molecule has 25 heavy (non-hydrogen) atoms. The maximum atomic E-state index is 12.4. The Kier molecular flexibility index (Phi) is 5.07. The number of carbonyl (C=O) groups excluding carboxylic acids is 1. The number of amides is 1. The number of non-ortho nitro benzene ring substituents is 1. The number of hydrogen-bond donors (Lipinski definition) is 1. The van der Waals surface area contributed by atoms with Crippen molar-refractivity contribution in [3.63, 3.8) is 0 Å². The van der Waals surface area contributed by atoms with E-state index >= 15 is 0 Å². The summed E-state index contributed by atoms with van der Waals surface area (Å²) in [5.41, 5.74) is 1.45. The summed E-state index contributed by atoms with van der Waals surface area (Å²) < 4.78 is 24.5. The zero-order valence-electron chi connectivity index (χ0n) is 13.9. The Balaban J connectivity index is 2.31. The van der Waals surface area contributed by atoms with Gasteiger partial charge in [-0.1, -0.05) is 12.1 Å². The molecule has 0 aromatic heterocycles. The number of anilines is 2. The van der Waals surface area contributed by atoms with E-state index in [2.05, 4.69) is 5.32 Å². The van der Waals surface area contributed by atoms with Gasteiger partial charge in [0.05, 0.1) is 16.9 Å². The molecule has 0 saturated heterocycles. The van der Waals surface area contributed by atoms with Gasteiger partial charge in [0.15, 0.2) is 0 Å². The van der Waals surface area contributed by atoms with Crippen molar-refractivity contribution in [2.45, 2.75) is 6.92 Å². The first-order valence-corrected chi connectivity index (χ1v) is 9.05. The largest absolute Gasteiger partial charge is 0.322 e. The molecule has 1 N–H and O–H groups in total. The molecule has 0 spiro atoms. The van der Waals surface area contributed by atoms with Crippen LogP contribution in [0.15, 0.2) is 42.5 Å². The highest BCUT2D eigenvalue weighted by Crippen LogP contribution is 2.24. The van der Waals surface area contributed by atoms with E-state index in [-0.39, 0.29) is 16.9 Å². The van der Waals surface area contributed by atoms with Gasteiger partial charge >= 0.3 is 0 Å². The summed E-state index contributed by atoms with van der Waals surface area (Å²) >= 11 is 0. The number of sulfonamides is 1. The van der Waals surface area contributed by atoms with Crippen LogP contribution in [0.25, 0.3) is 0 Å². The third-order valence-electron chi connectivity index (χ3n) is 3.62. The molecule has 0 unspecified atom stereocenters. The van der Waals surface area contributed by atoms with Crippen molar-refractivity contribution in [3.8, 4) is 0 Å². The SMILES string of the molecule is Cc1ccc(C(=O)Nc2cccc([N+](=O)[O-])c2)cc1N(C)S(C)(=O)=O. The lowest BCUT2D eigenvalue weighted by Crippen LogP contribution is -2.26. The Hall–Kier alpha value is -2.94. The van der Waals surface area contributed by atoms with Crippen LogP contribution in [0.1, 0.15) is 15.9 Å². The fraction of sp³-hybridized carbons (Fsp3) is 0.188. The molecule has 0 aliphatic rings. The average Bonchev–Trinajstić information content (AvgIpc) is 2.54. The van der Waals surface area contributed by atoms with Crippen molar-refractivity contribution in [1.82, 2.24) is 0 Å². The summed E-state index contributed by atoms with van der Waals surface area (Å²) in [5.74, 6) is -0.497. The van der Waals surface area contributed by atoms with Gasteiger partial charge in [0.1, 0.15) is 0 Å². The minimum Gasteiger partial charge on any atom is -0.322 e. The lowest BCUT2D eigenvalue weighted by molar-refractivity contribution is -0.384. The summed E-state index contributed by atoms with van der Waals surface area (Å²) in [7, 11) is -2.07. The van der Waals surface area contributed by atoms with Crippen LogP contribution in [0.4, 0.5) is 17.1 Å². The van der Waals surface area contributed by atoms with Crippen molar-refractivity contribution in [1.29, 1.82) is 0 Å². The molecule has 9 heteroatoms. The molecule has 0 aliphatic carbocycles. The summed E-state index contributed by atoms with van der Waals surface area (Å²) in [6.45, 7) is 1.74. The molecular formula is C16H17N3O5S. The molecule has 2 aromatic rings. The van der Waals surface area contributed by atoms with Crippen molar-refractivity contribution in [3.05, 3.63) is 63.7 Å². The second kappa shape index (κ2) is 6.89. The zero-order valence-corrected chi connectivity index (χ0v) is 14.7. The minimum absolute atomic E-state index is 0.140. The number of rotatable bonds is 5. The lowest BCUT2D eigenvalue weighted by atomic mass is 10.1. The summed E-state index contributed by atoms with van der Waals surface area (Å²) in [6.07, 6.45) is 1.07. The average molecular weight is 363 g/mol. The Bertz CT molecular complexity index is 941. The number of hydrogen-bond acceptors (Lipinski definition) is 5. The van der Waals surface area contributed by atoms with Gasteiger partial charge in [0.25, 0.3) is 11.6 Å². The number of carbonyl (C=O) groups is 1. The van der Waals surface area contributed by atoms with Crippen LogP contribution in [-0.4, -0.2) is 32.6 Å². The maximum absolute atomic E-state index is 12.4. The van der Waals surface area contributed by atoms with Gasteiger partial charge in [-0.25, -0.2) is 8.42 Å². The van der Waals surface area contributed by atoms with Gasteiger partial charge in [-0.2, -0.15) is 0 Å². The van der Waals surface area contributed by atoms with Crippen LogP contribution in [0.2, 0.25) is 0 Å². The second-order valence-corrected chi connectivity index (χ2v) is 7.51. The van der Waals surface area contributed by atoms with E-state index in [0.29, 0.717) is 11.3 Å². The molecule has 132 valence electrons. The van der Waals surface area contributed by atoms with E-state index in [1.54, 1.807) is 19.1 Å². The van der Waals surface area contributed by atoms with Gasteiger partial charge in [0, 0.05) is 30.4 Å². The predicted octanol–water partition coefficient (Wildman–Crippen LogP) is 2.55. The van der Waals surface area contributed by atoms with Gasteiger partial charge in [0.2, 0.25) is 10.0 Å².